The zero-order valence-corrected chi connectivity index (χ0v) is 45.0. The molecule has 0 aliphatic rings. The van der Waals surface area contributed by atoms with E-state index >= 15 is 0 Å². The van der Waals surface area contributed by atoms with Gasteiger partial charge in [-0.25, -0.2) is 4.79 Å². The van der Waals surface area contributed by atoms with Gasteiger partial charge in [-0.15, -0.1) is 0 Å². The maximum atomic E-state index is 9.25. The van der Waals surface area contributed by atoms with Crippen LogP contribution in [0.5, 0.6) is 0 Å². The van der Waals surface area contributed by atoms with E-state index in [2.05, 4.69) is 6.58 Å². The molecule has 0 atom stereocenters. The number of carboxylic acids is 1. The monoisotopic (exact) mass is 1100 g/mol. The lowest BCUT2D eigenvalue weighted by Crippen LogP contribution is -2.16. The van der Waals surface area contributed by atoms with Crippen LogP contribution in [-0.2, 0) is 109 Å². The maximum Gasteiger partial charge on any atom is 0.327 e. The first-order valence-electron chi connectivity index (χ1n) is 26.0. The largest absolute Gasteiger partial charge is 0.478 e. The Morgan fingerprint density at radius 2 is 0.280 bits per heavy atom. The van der Waals surface area contributed by atoms with E-state index < -0.39 is 5.97 Å². The quantitative estimate of drug-likeness (QED) is 0.0516. The van der Waals surface area contributed by atoms with E-state index in [0.717, 1.165) is 6.08 Å². The van der Waals surface area contributed by atoms with Gasteiger partial charge in [-0.05, 0) is 0 Å². The Bertz CT molecular complexity index is 961. The van der Waals surface area contributed by atoms with Crippen molar-refractivity contribution < 1.29 is 124 Å². The molecule has 0 unspecified atom stereocenters. The van der Waals surface area contributed by atoms with Crippen LogP contribution >= 0.6 is 0 Å². The van der Waals surface area contributed by atoms with Crippen LogP contribution in [0.15, 0.2) is 12.7 Å². The van der Waals surface area contributed by atoms with Crippen LogP contribution in [0.25, 0.3) is 0 Å². The fourth-order valence-electron chi connectivity index (χ4n) is 4.85. The van der Waals surface area contributed by atoms with Crippen LogP contribution in [-0.4, -0.2) is 325 Å². The molecule has 0 aromatic heterocycles. The topological polar surface area (TPSA) is 281 Å². The summed E-state index contributed by atoms with van der Waals surface area (Å²) in [5, 5.41) is 24.8. The van der Waals surface area contributed by atoms with Crippen molar-refractivity contribution in [2.24, 2.45) is 0 Å². The Labute approximate surface area is 446 Å². The van der Waals surface area contributed by atoms with Crippen molar-refractivity contribution in [3.8, 4) is 0 Å². The van der Waals surface area contributed by atoms with Gasteiger partial charge in [0.05, 0.1) is 304 Å². The van der Waals surface area contributed by atoms with Crippen LogP contribution < -0.4 is 0 Å². The van der Waals surface area contributed by atoms with Gasteiger partial charge >= 0.3 is 5.97 Å². The second kappa shape index (κ2) is 74.3. The minimum atomic E-state index is -0.981. The Morgan fingerprint density at radius 1 is 0.213 bits per heavy atom. The molecule has 0 saturated carbocycles. The second-order valence-electron chi connectivity index (χ2n) is 14.5. The molecule has 75 heavy (non-hydrogen) atoms. The Kier molecular flexibility index (Phi) is 74.6. The first-order valence-corrected chi connectivity index (χ1v) is 26.0. The van der Waals surface area contributed by atoms with E-state index in [4.69, 9.17) is 120 Å². The minimum absolute atomic E-state index is 0.0184. The van der Waals surface area contributed by atoms with Crippen LogP contribution in [0, 0.1) is 0 Å². The van der Waals surface area contributed by atoms with Gasteiger partial charge in [-0.3, -0.25) is 0 Å². The van der Waals surface area contributed by atoms with Gasteiger partial charge in [0.15, 0.2) is 0 Å². The number of hydrogen-bond donors (Lipinski definition) is 3. The Balaban J connectivity index is 0. The molecule has 0 radical (unpaired) electrons. The number of ether oxygens (including phenoxy) is 22. The highest BCUT2D eigenvalue weighted by molar-refractivity contribution is 5.78. The van der Waals surface area contributed by atoms with Crippen LogP contribution in [0.2, 0.25) is 0 Å². The standard InChI is InChI=1S/C46H94O24.C3H4O2/c47-1-3-49-5-7-51-9-11-53-13-15-55-17-19-57-21-23-59-25-27-61-29-31-63-33-35-65-37-39-67-41-43-69-45-46-70-44-42-68-40-38-66-36-34-64-32-30-62-28-26-60-24-22-58-20-18-56-16-14-54-12-10-52-8-6-50-4-2-48;1-2-3(4)5/h47-48H,1-46H2;2H,1H2,(H,4,5). The van der Waals surface area contributed by atoms with E-state index in [1.54, 1.807) is 0 Å². The third kappa shape index (κ3) is 78.8. The van der Waals surface area contributed by atoms with Gasteiger partial charge in [-0.2, -0.15) is 0 Å². The number of rotatable bonds is 68. The van der Waals surface area contributed by atoms with Crippen molar-refractivity contribution in [1.29, 1.82) is 0 Å². The highest BCUT2D eigenvalue weighted by Gasteiger charge is 2.00. The molecule has 0 aliphatic carbocycles. The Hall–Kier alpha value is -1.75. The molecule has 0 heterocycles. The van der Waals surface area contributed by atoms with Crippen LogP contribution in [0.4, 0.5) is 0 Å². The molecule has 26 heteroatoms. The molecule has 0 amide bonds. The fraction of sp³-hybridized carbons (Fsp3) is 0.939. The molecule has 0 fully saturated rings. The van der Waals surface area contributed by atoms with Crippen molar-refractivity contribution in [3.05, 3.63) is 12.7 Å². The molecule has 0 spiro atoms. The van der Waals surface area contributed by atoms with E-state index in [1.807, 2.05) is 0 Å². The predicted octanol–water partition coefficient (Wildman–Crippen LogP) is -0.407. The number of carbonyl (C=O) groups is 1. The molecular weight excluding hydrogens is 1000 g/mol. The smallest absolute Gasteiger partial charge is 0.327 e. The lowest BCUT2D eigenvalue weighted by atomic mass is 10.6. The molecule has 0 saturated heterocycles. The molecule has 0 aromatic carbocycles. The zero-order chi connectivity index (χ0) is 54.4. The third-order valence-corrected chi connectivity index (χ3v) is 8.46. The van der Waals surface area contributed by atoms with Crippen molar-refractivity contribution >= 4 is 5.97 Å². The van der Waals surface area contributed by atoms with E-state index in [9.17, 15) is 4.79 Å². The van der Waals surface area contributed by atoms with Crippen molar-refractivity contribution in [2.45, 2.75) is 0 Å². The summed E-state index contributed by atoms with van der Waals surface area (Å²) in [5.74, 6) is -0.981. The summed E-state index contributed by atoms with van der Waals surface area (Å²) in [6.07, 6.45) is 0.833. The molecule has 26 nitrogen and oxygen atoms in total. The van der Waals surface area contributed by atoms with Gasteiger partial charge in [0.2, 0.25) is 0 Å². The second-order valence-corrected chi connectivity index (χ2v) is 14.5. The van der Waals surface area contributed by atoms with Crippen LogP contribution in [0.3, 0.4) is 0 Å². The first kappa shape index (κ1) is 75.3. The zero-order valence-electron chi connectivity index (χ0n) is 45.0. The van der Waals surface area contributed by atoms with Crippen molar-refractivity contribution in [3.63, 3.8) is 0 Å². The van der Waals surface area contributed by atoms with Gasteiger partial charge in [-0.1, -0.05) is 6.58 Å². The highest BCUT2D eigenvalue weighted by Crippen LogP contribution is 1.90. The predicted molar refractivity (Wildman–Crippen MR) is 270 cm³/mol. The molecule has 0 aromatic rings. The van der Waals surface area contributed by atoms with Gasteiger partial charge in [0.25, 0.3) is 0 Å². The van der Waals surface area contributed by atoms with Gasteiger partial charge < -0.3 is 120 Å². The summed E-state index contributed by atoms with van der Waals surface area (Å²) in [5.41, 5.74) is 0. The number of aliphatic carboxylic acids is 1. The van der Waals surface area contributed by atoms with Gasteiger partial charge in [0.1, 0.15) is 0 Å². The average molecular weight is 1100 g/mol. The fourth-order valence-corrected chi connectivity index (χ4v) is 4.85. The molecule has 0 aliphatic heterocycles. The van der Waals surface area contributed by atoms with E-state index in [0.29, 0.717) is 291 Å². The van der Waals surface area contributed by atoms with Crippen molar-refractivity contribution in [1.82, 2.24) is 0 Å². The summed E-state index contributed by atoms with van der Waals surface area (Å²) in [4.78, 5) is 9.25. The van der Waals surface area contributed by atoms with E-state index in [-0.39, 0.29) is 13.2 Å². The SMILES string of the molecule is C=CC(=O)O.OCCOCCOCCOCCOCCOCCOCCOCCOCCOCCOCCOCCOCCOCCOCCOCCOCCOCCOCCOCCOCCOCCOCCO. The van der Waals surface area contributed by atoms with Gasteiger partial charge in [0, 0.05) is 6.08 Å². The summed E-state index contributed by atoms with van der Waals surface area (Å²) in [7, 11) is 0. The maximum absolute atomic E-state index is 9.25. The molecule has 3 N–H and O–H groups in total. The number of aliphatic hydroxyl groups excluding tert-OH is 2. The normalized spacial score (nSPS) is 11.4. The van der Waals surface area contributed by atoms with Crippen LogP contribution in [0.1, 0.15) is 0 Å². The number of hydrogen-bond acceptors (Lipinski definition) is 25. The Morgan fingerprint density at radius 3 is 0.333 bits per heavy atom. The molecule has 0 rings (SSSR count). The molecular formula is C49H98O26. The summed E-state index contributed by atoms with van der Waals surface area (Å²) in [6, 6.07) is 0. The number of carboxylic acid groups (broad SMARTS) is 1. The lowest BCUT2D eigenvalue weighted by Gasteiger charge is -2.09. The summed E-state index contributed by atoms with van der Waals surface area (Å²) < 4.78 is 120. The average Bonchev–Trinajstić information content (AvgIpc) is 3.42. The summed E-state index contributed by atoms with van der Waals surface area (Å²) >= 11 is 0. The first-order chi connectivity index (χ1) is 37.2. The third-order valence-electron chi connectivity index (χ3n) is 8.46. The minimum Gasteiger partial charge on any atom is -0.478 e. The molecule has 450 valence electrons. The highest BCUT2D eigenvalue weighted by atomic mass is 16.6. The molecule has 0 bridgehead atoms. The van der Waals surface area contributed by atoms with Crippen molar-refractivity contribution in [2.75, 3.05) is 304 Å². The number of aliphatic hydroxyl groups is 2. The van der Waals surface area contributed by atoms with E-state index in [1.165, 1.54) is 0 Å². The lowest BCUT2D eigenvalue weighted by molar-refractivity contribution is -0.131. The summed E-state index contributed by atoms with van der Waals surface area (Å²) in [6.45, 7) is 24.2.